The van der Waals surface area contributed by atoms with E-state index in [0.717, 1.165) is 33.6 Å². The van der Waals surface area contributed by atoms with Crippen LogP contribution in [-0.4, -0.2) is 57.4 Å². The van der Waals surface area contributed by atoms with Gasteiger partial charge in [0.25, 0.3) is 17.9 Å². The molecule has 0 aliphatic rings. The Hall–Kier alpha value is -2.20. The molecule has 0 bridgehead atoms. The molecule has 0 saturated carbocycles. The summed E-state index contributed by atoms with van der Waals surface area (Å²) in [5, 5.41) is 30.8. The van der Waals surface area contributed by atoms with Gasteiger partial charge in [-0.1, -0.05) is 96.8 Å². The summed E-state index contributed by atoms with van der Waals surface area (Å²) >= 11 is 0. The van der Waals surface area contributed by atoms with E-state index < -0.39 is 23.9 Å². The first-order chi connectivity index (χ1) is 16.9. The van der Waals surface area contributed by atoms with Gasteiger partial charge < -0.3 is 31.9 Å². The van der Waals surface area contributed by atoms with Crippen LogP contribution in [0.1, 0.15) is 130 Å². The topological polar surface area (TPSA) is 201 Å². The van der Waals surface area contributed by atoms with Crippen molar-refractivity contribution >= 4 is 23.9 Å². The van der Waals surface area contributed by atoms with Crippen molar-refractivity contribution < 1.29 is 39.6 Å². The Morgan fingerprint density at radius 2 is 0.667 bits per heavy atom. The van der Waals surface area contributed by atoms with Gasteiger partial charge in [-0.2, -0.15) is 0 Å². The van der Waals surface area contributed by atoms with Crippen LogP contribution in [0.4, 0.5) is 0 Å². The smallest absolute Gasteiger partial charge is 0.303 e. The van der Waals surface area contributed by atoms with Gasteiger partial charge in [0, 0.05) is 40.3 Å². The van der Waals surface area contributed by atoms with Crippen molar-refractivity contribution in [2.24, 2.45) is 11.5 Å². The van der Waals surface area contributed by atoms with E-state index in [2.05, 4.69) is 6.92 Å². The standard InChI is InChI=1S/C18H36O2.C2H8N2.3C2H4O2/c1-2-3-4-5-6-7-8-9-10-11-12-13-14-15-16-17-18(19)20;3-1-2-4;3*1-2(3)4/h2-17H2,1H3,(H,19,20);1-4H2;3*1H3,(H,3,4). The summed E-state index contributed by atoms with van der Waals surface area (Å²) in [5.41, 5.74) is 9.81. The van der Waals surface area contributed by atoms with E-state index in [9.17, 15) is 4.79 Å². The molecule has 0 radical (unpaired) electrons. The van der Waals surface area contributed by atoms with Gasteiger partial charge in [0.05, 0.1) is 0 Å². The van der Waals surface area contributed by atoms with E-state index in [4.69, 9.17) is 46.3 Å². The summed E-state index contributed by atoms with van der Waals surface area (Å²) in [6.45, 7) is 6.71. The summed E-state index contributed by atoms with van der Waals surface area (Å²) in [4.78, 5) is 37.3. The minimum Gasteiger partial charge on any atom is -0.481 e. The fourth-order valence-corrected chi connectivity index (χ4v) is 2.65. The number of unbranched alkanes of at least 4 members (excludes halogenated alkanes) is 14. The average Bonchev–Trinajstić information content (AvgIpc) is 2.75. The molecule has 0 aromatic rings. The van der Waals surface area contributed by atoms with Crippen LogP contribution in [0.15, 0.2) is 0 Å². The van der Waals surface area contributed by atoms with Crippen LogP contribution >= 0.6 is 0 Å². The molecule has 218 valence electrons. The summed E-state index contributed by atoms with van der Waals surface area (Å²) in [6.07, 6.45) is 20.2. The quantitative estimate of drug-likeness (QED) is 0.132. The van der Waals surface area contributed by atoms with Gasteiger partial charge in [-0.25, -0.2) is 0 Å². The van der Waals surface area contributed by atoms with Crippen LogP contribution in [-0.2, 0) is 19.2 Å². The van der Waals surface area contributed by atoms with Crippen LogP contribution in [0.2, 0.25) is 0 Å². The molecule has 0 amide bonds. The first-order valence-corrected chi connectivity index (χ1v) is 13.1. The summed E-state index contributed by atoms with van der Waals surface area (Å²) < 4.78 is 0. The van der Waals surface area contributed by atoms with E-state index in [-0.39, 0.29) is 0 Å². The van der Waals surface area contributed by atoms with E-state index in [1.54, 1.807) is 0 Å². The fourth-order valence-electron chi connectivity index (χ4n) is 2.65. The summed E-state index contributed by atoms with van der Waals surface area (Å²) in [5.74, 6) is -3.15. The molecule has 0 aliphatic heterocycles. The largest absolute Gasteiger partial charge is 0.481 e. The molecular weight excluding hydrogens is 468 g/mol. The Morgan fingerprint density at radius 3 is 0.833 bits per heavy atom. The number of hydrogen-bond donors (Lipinski definition) is 6. The van der Waals surface area contributed by atoms with Crippen molar-refractivity contribution in [3.63, 3.8) is 0 Å². The first kappa shape index (κ1) is 43.8. The molecule has 0 atom stereocenters. The van der Waals surface area contributed by atoms with Crippen molar-refractivity contribution in [1.29, 1.82) is 0 Å². The first-order valence-electron chi connectivity index (χ1n) is 13.1. The molecule has 0 saturated heterocycles. The number of carboxylic acids is 4. The number of nitrogens with two attached hydrogens (primary N) is 2. The van der Waals surface area contributed by atoms with Gasteiger partial charge in [0.15, 0.2) is 0 Å². The van der Waals surface area contributed by atoms with E-state index in [0.29, 0.717) is 19.5 Å². The third-order valence-corrected chi connectivity index (χ3v) is 4.16. The molecule has 0 aromatic heterocycles. The average molecular weight is 525 g/mol. The van der Waals surface area contributed by atoms with Crippen molar-refractivity contribution in [2.45, 2.75) is 130 Å². The van der Waals surface area contributed by atoms with Gasteiger partial charge in [0.2, 0.25) is 0 Å². The van der Waals surface area contributed by atoms with Crippen molar-refractivity contribution in [3.05, 3.63) is 0 Å². The number of carboxylic acid groups (broad SMARTS) is 4. The molecule has 0 aromatic carbocycles. The lowest BCUT2D eigenvalue weighted by molar-refractivity contribution is -0.137. The number of rotatable bonds is 17. The Labute approximate surface area is 218 Å². The zero-order valence-corrected chi connectivity index (χ0v) is 23.3. The molecule has 0 fully saturated rings. The molecule has 0 heterocycles. The minimum atomic E-state index is -0.833. The molecule has 10 heteroatoms. The van der Waals surface area contributed by atoms with E-state index >= 15 is 0 Å². The molecule has 8 N–H and O–H groups in total. The third kappa shape index (κ3) is 121. The highest BCUT2D eigenvalue weighted by molar-refractivity contribution is 5.66. The summed E-state index contributed by atoms with van der Waals surface area (Å²) in [6, 6.07) is 0. The predicted octanol–water partition coefficient (Wildman–Crippen LogP) is 5.51. The fraction of sp³-hybridized carbons (Fsp3) is 0.846. The van der Waals surface area contributed by atoms with Crippen molar-refractivity contribution in [3.8, 4) is 0 Å². The van der Waals surface area contributed by atoms with Crippen molar-refractivity contribution in [2.75, 3.05) is 13.1 Å². The molecule has 0 aliphatic carbocycles. The lowest BCUT2D eigenvalue weighted by Crippen LogP contribution is -2.11. The highest BCUT2D eigenvalue weighted by atomic mass is 16.4. The lowest BCUT2D eigenvalue weighted by atomic mass is 10.0. The number of hydrogen-bond acceptors (Lipinski definition) is 6. The van der Waals surface area contributed by atoms with E-state index in [1.807, 2.05) is 0 Å². The van der Waals surface area contributed by atoms with Gasteiger partial charge in [-0.05, 0) is 6.42 Å². The van der Waals surface area contributed by atoms with E-state index in [1.165, 1.54) is 83.5 Å². The number of carbonyl (C=O) groups is 4. The highest BCUT2D eigenvalue weighted by Gasteiger charge is 1.97. The Kier molecular flexibility index (Phi) is 52.3. The van der Waals surface area contributed by atoms with Crippen molar-refractivity contribution in [1.82, 2.24) is 0 Å². The number of aliphatic carboxylic acids is 4. The van der Waals surface area contributed by atoms with Crippen LogP contribution in [0, 0.1) is 0 Å². The third-order valence-electron chi connectivity index (χ3n) is 4.16. The normalized spacial score (nSPS) is 8.94. The van der Waals surface area contributed by atoms with Gasteiger partial charge in [-0.15, -0.1) is 0 Å². The maximum Gasteiger partial charge on any atom is 0.303 e. The summed E-state index contributed by atoms with van der Waals surface area (Å²) in [7, 11) is 0. The second-order valence-corrected chi connectivity index (χ2v) is 8.23. The Balaban J connectivity index is -0.000000161. The van der Waals surface area contributed by atoms with Gasteiger partial charge >= 0.3 is 5.97 Å². The van der Waals surface area contributed by atoms with Crippen LogP contribution in [0.3, 0.4) is 0 Å². The molecular formula is C26H56N2O8. The van der Waals surface area contributed by atoms with Crippen LogP contribution in [0.25, 0.3) is 0 Å². The second kappa shape index (κ2) is 42.9. The monoisotopic (exact) mass is 524 g/mol. The lowest BCUT2D eigenvalue weighted by Gasteiger charge is -2.03. The molecule has 0 unspecified atom stereocenters. The Morgan fingerprint density at radius 1 is 0.472 bits per heavy atom. The van der Waals surface area contributed by atoms with Gasteiger partial charge in [-0.3, -0.25) is 19.2 Å². The zero-order valence-electron chi connectivity index (χ0n) is 23.3. The maximum atomic E-state index is 10.3. The zero-order chi connectivity index (χ0) is 29.0. The van der Waals surface area contributed by atoms with Crippen LogP contribution in [0.5, 0.6) is 0 Å². The second-order valence-electron chi connectivity index (χ2n) is 8.23. The van der Waals surface area contributed by atoms with Crippen LogP contribution < -0.4 is 11.5 Å². The minimum absolute atomic E-state index is 0.345. The predicted molar refractivity (Wildman–Crippen MR) is 145 cm³/mol. The molecule has 10 nitrogen and oxygen atoms in total. The highest BCUT2D eigenvalue weighted by Crippen LogP contribution is 2.13. The molecule has 0 spiro atoms. The maximum absolute atomic E-state index is 10.3. The molecule has 0 rings (SSSR count). The molecule has 36 heavy (non-hydrogen) atoms. The van der Waals surface area contributed by atoms with Gasteiger partial charge in [0.1, 0.15) is 0 Å². The SMILES string of the molecule is CC(=O)O.CC(=O)O.CC(=O)O.CCCCCCCCCCCCCCCCCC(=O)O.NCCN. The Bertz CT molecular complexity index is 432.